The van der Waals surface area contributed by atoms with Crippen LogP contribution in [0, 0.1) is 11.8 Å². The van der Waals surface area contributed by atoms with E-state index in [2.05, 4.69) is 22.1 Å². The zero-order valence-electron chi connectivity index (χ0n) is 11.1. The van der Waals surface area contributed by atoms with Gasteiger partial charge in [-0.1, -0.05) is 24.0 Å². The molecule has 1 aromatic carbocycles. The number of nitrogens with zero attached hydrogens (tertiary/aromatic N) is 2. The Kier molecular flexibility index (Phi) is 4.53. The number of hydrogen-bond donors (Lipinski definition) is 2. The molecule has 1 amide bonds. The summed E-state index contributed by atoms with van der Waals surface area (Å²) in [7, 11) is 1.80. The van der Waals surface area contributed by atoms with E-state index >= 15 is 0 Å². The second-order valence-electron chi connectivity index (χ2n) is 4.20. The Bertz CT molecular complexity index is 665. The lowest BCUT2D eigenvalue weighted by Gasteiger charge is -2.05. The van der Waals surface area contributed by atoms with E-state index < -0.39 is 0 Å². The minimum atomic E-state index is -0.276. The van der Waals surface area contributed by atoms with E-state index in [4.69, 9.17) is 5.11 Å². The largest absolute Gasteiger partial charge is 0.395 e. The van der Waals surface area contributed by atoms with Gasteiger partial charge in [0.15, 0.2) is 0 Å². The first-order chi connectivity index (χ1) is 9.70. The number of amides is 1. The number of aryl methyl sites for hydroxylation is 1. The van der Waals surface area contributed by atoms with Crippen LogP contribution < -0.4 is 5.32 Å². The average molecular weight is 269 g/mol. The number of carbonyl (C=O) groups excluding carboxylic acids is 1. The Morgan fingerprint density at radius 2 is 2.25 bits per heavy atom. The van der Waals surface area contributed by atoms with Crippen LogP contribution in [0.4, 0.5) is 5.69 Å². The summed E-state index contributed by atoms with van der Waals surface area (Å²) in [5.74, 6) is 5.49. The first-order valence-corrected chi connectivity index (χ1v) is 6.19. The van der Waals surface area contributed by atoms with Crippen molar-refractivity contribution < 1.29 is 9.90 Å². The summed E-state index contributed by atoms with van der Waals surface area (Å²) in [4.78, 5) is 16.0. The van der Waals surface area contributed by atoms with Crippen molar-refractivity contribution in [3.8, 4) is 11.8 Å². The highest BCUT2D eigenvalue weighted by atomic mass is 16.2. The smallest absolute Gasteiger partial charge is 0.275 e. The minimum absolute atomic E-state index is 0.0233. The molecule has 5 nitrogen and oxygen atoms in total. The molecule has 20 heavy (non-hydrogen) atoms. The van der Waals surface area contributed by atoms with Crippen molar-refractivity contribution in [2.75, 3.05) is 11.9 Å². The lowest BCUT2D eigenvalue weighted by atomic mass is 10.1. The molecule has 0 spiro atoms. The van der Waals surface area contributed by atoms with Crippen molar-refractivity contribution in [1.82, 2.24) is 9.55 Å². The van der Waals surface area contributed by atoms with Crippen LogP contribution in [0.1, 0.15) is 22.5 Å². The number of aromatic nitrogens is 2. The van der Waals surface area contributed by atoms with Crippen LogP contribution >= 0.6 is 0 Å². The Morgan fingerprint density at radius 1 is 1.45 bits per heavy atom. The van der Waals surface area contributed by atoms with E-state index in [0.717, 1.165) is 0 Å². The van der Waals surface area contributed by atoms with Gasteiger partial charge in [-0.15, -0.1) is 0 Å². The highest BCUT2D eigenvalue weighted by Gasteiger charge is 2.10. The predicted octanol–water partition coefficient (Wildman–Crippen LogP) is 1.41. The molecule has 0 saturated heterocycles. The van der Waals surface area contributed by atoms with Gasteiger partial charge in [-0.05, 0) is 12.1 Å². The Balaban J connectivity index is 2.17. The molecule has 2 N–H and O–H groups in total. The molecular weight excluding hydrogens is 254 g/mol. The van der Waals surface area contributed by atoms with Crippen molar-refractivity contribution in [2.24, 2.45) is 7.05 Å². The van der Waals surface area contributed by atoms with Gasteiger partial charge in [0.05, 0.1) is 18.6 Å². The van der Waals surface area contributed by atoms with Gasteiger partial charge in [0.25, 0.3) is 5.91 Å². The maximum Gasteiger partial charge on any atom is 0.275 e. The van der Waals surface area contributed by atoms with E-state index in [0.29, 0.717) is 23.4 Å². The minimum Gasteiger partial charge on any atom is -0.395 e. The molecule has 0 aliphatic heterocycles. The number of imidazole rings is 1. The fourth-order valence-corrected chi connectivity index (χ4v) is 1.63. The number of anilines is 1. The third-order valence-electron chi connectivity index (χ3n) is 2.57. The number of hydrogen-bond acceptors (Lipinski definition) is 3. The molecule has 0 bridgehead atoms. The molecule has 2 aromatic rings. The van der Waals surface area contributed by atoms with Crippen molar-refractivity contribution >= 4 is 11.6 Å². The summed E-state index contributed by atoms with van der Waals surface area (Å²) in [6, 6.07) is 7.27. The number of aliphatic hydroxyl groups excluding tert-OH is 1. The van der Waals surface area contributed by atoms with Crippen LogP contribution in [0.5, 0.6) is 0 Å². The Hall–Kier alpha value is -2.58. The average Bonchev–Trinajstić information content (AvgIpc) is 2.88. The zero-order chi connectivity index (χ0) is 14.4. The SMILES string of the molecule is Cn1cnc(C(=O)Nc2ccccc2C#CCCO)c1. The van der Waals surface area contributed by atoms with E-state index in [1.54, 1.807) is 30.2 Å². The molecular formula is C15H15N3O2. The number of nitrogens with one attached hydrogen (secondary N) is 1. The monoisotopic (exact) mass is 269 g/mol. The van der Waals surface area contributed by atoms with Crippen LogP contribution in [-0.2, 0) is 7.05 Å². The lowest BCUT2D eigenvalue weighted by molar-refractivity contribution is 0.102. The van der Waals surface area contributed by atoms with Gasteiger partial charge in [0.1, 0.15) is 5.69 Å². The number of carbonyl (C=O) groups is 1. The molecule has 0 aliphatic carbocycles. The predicted molar refractivity (Wildman–Crippen MR) is 76.2 cm³/mol. The number of benzene rings is 1. The van der Waals surface area contributed by atoms with Crippen molar-refractivity contribution in [3.05, 3.63) is 48.0 Å². The maximum atomic E-state index is 12.0. The second kappa shape index (κ2) is 6.55. The zero-order valence-corrected chi connectivity index (χ0v) is 11.1. The third kappa shape index (κ3) is 3.46. The summed E-state index contributed by atoms with van der Waals surface area (Å²) in [6.07, 6.45) is 3.62. The Morgan fingerprint density at radius 3 is 2.95 bits per heavy atom. The quantitative estimate of drug-likeness (QED) is 0.828. The molecule has 0 aliphatic rings. The molecule has 1 aromatic heterocycles. The molecule has 0 saturated carbocycles. The molecule has 0 atom stereocenters. The van der Waals surface area contributed by atoms with Crippen molar-refractivity contribution in [1.29, 1.82) is 0 Å². The highest BCUT2D eigenvalue weighted by Crippen LogP contribution is 2.14. The molecule has 0 radical (unpaired) electrons. The summed E-state index contributed by atoms with van der Waals surface area (Å²) in [5, 5.41) is 11.5. The van der Waals surface area contributed by atoms with Crippen molar-refractivity contribution in [2.45, 2.75) is 6.42 Å². The fraction of sp³-hybridized carbons (Fsp3) is 0.200. The third-order valence-corrected chi connectivity index (χ3v) is 2.57. The summed E-state index contributed by atoms with van der Waals surface area (Å²) in [5.41, 5.74) is 1.70. The van der Waals surface area contributed by atoms with Crippen LogP contribution in [0.3, 0.4) is 0 Å². The maximum absolute atomic E-state index is 12.0. The molecule has 0 fully saturated rings. The van der Waals surface area contributed by atoms with Gasteiger partial charge in [0.2, 0.25) is 0 Å². The van der Waals surface area contributed by atoms with Crippen LogP contribution in [0.25, 0.3) is 0 Å². The number of rotatable bonds is 3. The second-order valence-corrected chi connectivity index (χ2v) is 4.20. The first-order valence-electron chi connectivity index (χ1n) is 6.19. The van der Waals surface area contributed by atoms with Gasteiger partial charge in [-0.2, -0.15) is 0 Å². The normalized spacial score (nSPS) is 9.70. The molecule has 5 heteroatoms. The molecule has 102 valence electrons. The van der Waals surface area contributed by atoms with E-state index in [-0.39, 0.29) is 12.5 Å². The Labute approximate surface area is 117 Å². The van der Waals surface area contributed by atoms with Crippen LogP contribution in [0.2, 0.25) is 0 Å². The molecule has 2 rings (SSSR count). The fourth-order valence-electron chi connectivity index (χ4n) is 1.63. The first kappa shape index (κ1) is 13.8. The molecule has 1 heterocycles. The standard InChI is InChI=1S/C15H15N3O2/c1-18-10-14(16-11-18)15(20)17-13-8-3-2-6-12(13)7-4-5-9-19/h2-3,6,8,10-11,19H,5,9H2,1H3,(H,17,20). The van der Waals surface area contributed by atoms with Crippen LogP contribution in [0.15, 0.2) is 36.8 Å². The topological polar surface area (TPSA) is 67.2 Å². The van der Waals surface area contributed by atoms with Gasteiger partial charge < -0.3 is 15.0 Å². The van der Waals surface area contributed by atoms with Crippen LogP contribution in [-0.4, -0.2) is 27.2 Å². The number of aliphatic hydroxyl groups is 1. The van der Waals surface area contributed by atoms with E-state index in [1.807, 2.05) is 18.2 Å². The van der Waals surface area contributed by atoms with Crippen molar-refractivity contribution in [3.63, 3.8) is 0 Å². The summed E-state index contributed by atoms with van der Waals surface area (Å²) >= 11 is 0. The molecule has 0 unspecified atom stereocenters. The van der Waals surface area contributed by atoms with Gasteiger partial charge >= 0.3 is 0 Å². The summed E-state index contributed by atoms with van der Waals surface area (Å²) < 4.78 is 1.71. The lowest BCUT2D eigenvalue weighted by Crippen LogP contribution is -2.13. The van der Waals surface area contributed by atoms with Gasteiger partial charge in [0, 0.05) is 25.2 Å². The van der Waals surface area contributed by atoms with E-state index in [9.17, 15) is 4.79 Å². The number of para-hydroxylation sites is 1. The van der Waals surface area contributed by atoms with Gasteiger partial charge in [-0.25, -0.2) is 4.98 Å². The van der Waals surface area contributed by atoms with Gasteiger partial charge in [-0.3, -0.25) is 4.79 Å². The highest BCUT2D eigenvalue weighted by molar-refractivity contribution is 6.03. The van der Waals surface area contributed by atoms with E-state index in [1.165, 1.54) is 0 Å². The summed E-state index contributed by atoms with van der Waals surface area (Å²) in [6.45, 7) is 0.0233.